The quantitative estimate of drug-likeness (QED) is 0.324. The van der Waals surface area contributed by atoms with E-state index in [0.29, 0.717) is 5.75 Å². The van der Waals surface area contributed by atoms with Crippen LogP contribution in [0.4, 0.5) is 0 Å². The van der Waals surface area contributed by atoms with Crippen LogP contribution < -0.4 is 4.74 Å². The van der Waals surface area contributed by atoms with Gasteiger partial charge in [0.25, 0.3) is 0 Å². The first-order valence-electron chi connectivity index (χ1n) is 4.93. The summed E-state index contributed by atoms with van der Waals surface area (Å²) in [5, 5.41) is 0. The highest BCUT2D eigenvalue weighted by Crippen LogP contribution is 2.15. The molecule has 0 fully saturated rings. The highest BCUT2D eigenvalue weighted by atomic mass is 16.5. The number of unbranched alkanes of at least 4 members (excludes halogenated alkanes) is 1. The Balaban J connectivity index is 2.58. The van der Waals surface area contributed by atoms with Gasteiger partial charge in [-0.1, -0.05) is 12.1 Å². The molecule has 1 rings (SSSR count). The Labute approximate surface area is 90.3 Å². The second-order valence-corrected chi connectivity index (χ2v) is 3.30. The largest absolute Gasteiger partial charge is 0.427 e. The molecule has 0 radical (unpaired) electrons. The van der Waals surface area contributed by atoms with E-state index in [1.807, 2.05) is 18.2 Å². The molecule has 2 heteroatoms. The number of benzene rings is 1. The van der Waals surface area contributed by atoms with Crippen LogP contribution >= 0.6 is 0 Å². The summed E-state index contributed by atoms with van der Waals surface area (Å²) in [6, 6.07) is 7.52. The molecule has 0 unspecified atom stereocenters. The van der Waals surface area contributed by atoms with Crippen molar-refractivity contribution in [2.45, 2.75) is 26.2 Å². The number of carbonyl (C=O) groups excluding carboxylic acids is 1. The lowest BCUT2D eigenvalue weighted by Gasteiger charge is -2.03. The summed E-state index contributed by atoms with van der Waals surface area (Å²) >= 11 is 0. The Bertz CT molecular complexity index is 374. The molecule has 0 N–H and O–H groups in total. The van der Waals surface area contributed by atoms with Gasteiger partial charge in [0, 0.05) is 13.3 Å². The second-order valence-electron chi connectivity index (χ2n) is 3.30. The number of ether oxygens (including phenoxy) is 1. The first-order valence-corrected chi connectivity index (χ1v) is 4.93. The van der Waals surface area contributed by atoms with Gasteiger partial charge in [0.05, 0.1) is 0 Å². The van der Waals surface area contributed by atoms with E-state index in [1.54, 1.807) is 6.07 Å². The van der Waals surface area contributed by atoms with Crippen LogP contribution in [0.2, 0.25) is 0 Å². The van der Waals surface area contributed by atoms with E-state index in [4.69, 9.17) is 11.2 Å². The fourth-order valence-corrected chi connectivity index (χ4v) is 1.33. The Morgan fingerprint density at radius 3 is 3.00 bits per heavy atom. The Kier molecular flexibility index (Phi) is 4.43. The van der Waals surface area contributed by atoms with Gasteiger partial charge >= 0.3 is 5.97 Å². The van der Waals surface area contributed by atoms with E-state index < -0.39 is 0 Å². The Morgan fingerprint density at radius 1 is 1.53 bits per heavy atom. The molecule has 0 aliphatic rings. The van der Waals surface area contributed by atoms with E-state index in [0.717, 1.165) is 24.8 Å². The van der Waals surface area contributed by atoms with Crippen molar-refractivity contribution in [3.63, 3.8) is 0 Å². The van der Waals surface area contributed by atoms with Crippen LogP contribution in [0, 0.1) is 12.3 Å². The normalized spacial score (nSPS) is 9.33. The van der Waals surface area contributed by atoms with Gasteiger partial charge in [0.2, 0.25) is 0 Å². The molecule has 0 bridgehead atoms. The maximum atomic E-state index is 10.7. The predicted octanol–water partition coefficient (Wildman–Crippen LogP) is 2.57. The highest BCUT2D eigenvalue weighted by Gasteiger charge is 1.99. The summed E-state index contributed by atoms with van der Waals surface area (Å²) in [6.07, 6.45) is 7.82. The molecule has 0 aromatic heterocycles. The monoisotopic (exact) mass is 202 g/mol. The second kappa shape index (κ2) is 5.87. The fraction of sp³-hybridized carbons (Fsp3) is 0.308. The Morgan fingerprint density at radius 2 is 2.33 bits per heavy atom. The molecule has 0 aliphatic carbocycles. The average Bonchev–Trinajstić information content (AvgIpc) is 2.18. The number of carbonyl (C=O) groups is 1. The van der Waals surface area contributed by atoms with Crippen molar-refractivity contribution < 1.29 is 9.53 Å². The topological polar surface area (TPSA) is 26.3 Å². The van der Waals surface area contributed by atoms with Crippen LogP contribution in [0.25, 0.3) is 0 Å². The molecule has 2 nitrogen and oxygen atoms in total. The summed E-state index contributed by atoms with van der Waals surface area (Å²) < 4.78 is 4.98. The van der Waals surface area contributed by atoms with E-state index in [1.165, 1.54) is 6.92 Å². The summed E-state index contributed by atoms with van der Waals surface area (Å²) in [5.41, 5.74) is 1.14. The number of aryl methyl sites for hydroxylation is 1. The van der Waals surface area contributed by atoms with Gasteiger partial charge in [-0.25, -0.2) is 0 Å². The summed E-state index contributed by atoms with van der Waals surface area (Å²) in [7, 11) is 0. The molecule has 1 aromatic rings. The van der Waals surface area contributed by atoms with Gasteiger partial charge in [-0.2, -0.15) is 0 Å². The standard InChI is InChI=1S/C13H14O2/c1-3-4-5-7-12-8-6-9-13(10-12)15-11(2)14/h1,6,8-10H,4-5,7H2,2H3. The van der Waals surface area contributed by atoms with Crippen molar-refractivity contribution in [3.8, 4) is 18.1 Å². The first kappa shape index (κ1) is 11.3. The number of terminal acetylenes is 1. The van der Waals surface area contributed by atoms with E-state index in [-0.39, 0.29) is 5.97 Å². The highest BCUT2D eigenvalue weighted by molar-refractivity contribution is 5.69. The van der Waals surface area contributed by atoms with E-state index >= 15 is 0 Å². The molecule has 78 valence electrons. The van der Waals surface area contributed by atoms with Crippen molar-refractivity contribution in [3.05, 3.63) is 29.8 Å². The molecule has 15 heavy (non-hydrogen) atoms. The van der Waals surface area contributed by atoms with Crippen LogP contribution in [0.1, 0.15) is 25.3 Å². The number of rotatable bonds is 4. The third-order valence-electron chi connectivity index (χ3n) is 1.95. The number of hydrogen-bond acceptors (Lipinski definition) is 2. The van der Waals surface area contributed by atoms with Crippen LogP contribution in [-0.4, -0.2) is 5.97 Å². The molecule has 1 aromatic carbocycles. The molecule has 0 atom stereocenters. The SMILES string of the molecule is C#CCCCc1cccc(OC(C)=O)c1. The van der Waals surface area contributed by atoms with Gasteiger partial charge in [-0.3, -0.25) is 4.79 Å². The van der Waals surface area contributed by atoms with E-state index in [9.17, 15) is 4.79 Å². The molecule has 0 spiro atoms. The van der Waals surface area contributed by atoms with Gasteiger partial charge in [0.15, 0.2) is 0 Å². The molecular weight excluding hydrogens is 188 g/mol. The average molecular weight is 202 g/mol. The third kappa shape index (κ3) is 4.33. The lowest BCUT2D eigenvalue weighted by molar-refractivity contribution is -0.131. The summed E-state index contributed by atoms with van der Waals surface area (Å²) in [5.74, 6) is 2.90. The maximum Gasteiger partial charge on any atom is 0.308 e. The minimum atomic E-state index is -0.296. The first-order chi connectivity index (χ1) is 7.22. The maximum absolute atomic E-state index is 10.7. The zero-order chi connectivity index (χ0) is 11.1. The van der Waals surface area contributed by atoms with Gasteiger partial charge in [-0.15, -0.1) is 12.3 Å². The van der Waals surface area contributed by atoms with Gasteiger partial charge < -0.3 is 4.74 Å². The van der Waals surface area contributed by atoms with Crippen LogP contribution in [0.3, 0.4) is 0 Å². The third-order valence-corrected chi connectivity index (χ3v) is 1.95. The molecule has 0 saturated carbocycles. The zero-order valence-electron chi connectivity index (χ0n) is 8.82. The Hall–Kier alpha value is -1.75. The predicted molar refractivity (Wildman–Crippen MR) is 59.5 cm³/mol. The number of hydrogen-bond donors (Lipinski definition) is 0. The van der Waals surface area contributed by atoms with Crippen molar-refractivity contribution in [2.75, 3.05) is 0 Å². The van der Waals surface area contributed by atoms with Gasteiger partial charge in [0.1, 0.15) is 5.75 Å². The summed E-state index contributed by atoms with van der Waals surface area (Å²) in [4.78, 5) is 10.7. The van der Waals surface area contributed by atoms with Gasteiger partial charge in [-0.05, 0) is 30.5 Å². The number of esters is 1. The molecule has 0 saturated heterocycles. The molecule has 0 aliphatic heterocycles. The van der Waals surface area contributed by atoms with Crippen molar-refractivity contribution in [2.24, 2.45) is 0 Å². The lowest BCUT2D eigenvalue weighted by atomic mass is 10.1. The lowest BCUT2D eigenvalue weighted by Crippen LogP contribution is -2.01. The molecule has 0 amide bonds. The van der Waals surface area contributed by atoms with Crippen LogP contribution in [0.15, 0.2) is 24.3 Å². The van der Waals surface area contributed by atoms with Crippen LogP contribution in [0.5, 0.6) is 5.75 Å². The van der Waals surface area contributed by atoms with Crippen molar-refractivity contribution >= 4 is 5.97 Å². The van der Waals surface area contributed by atoms with Crippen molar-refractivity contribution in [1.29, 1.82) is 0 Å². The zero-order valence-corrected chi connectivity index (χ0v) is 8.82. The fourth-order valence-electron chi connectivity index (χ4n) is 1.33. The van der Waals surface area contributed by atoms with E-state index in [2.05, 4.69) is 5.92 Å². The minimum Gasteiger partial charge on any atom is -0.427 e. The minimum absolute atomic E-state index is 0.296. The molecule has 0 heterocycles. The summed E-state index contributed by atoms with van der Waals surface area (Å²) in [6.45, 7) is 1.39. The smallest absolute Gasteiger partial charge is 0.308 e. The molecular formula is C13H14O2. The van der Waals surface area contributed by atoms with Crippen molar-refractivity contribution in [1.82, 2.24) is 0 Å². The van der Waals surface area contributed by atoms with Crippen LogP contribution in [-0.2, 0) is 11.2 Å².